The Bertz CT molecular complexity index is 1250. The maximum atomic E-state index is 12.9. The van der Waals surface area contributed by atoms with Gasteiger partial charge in [-0.3, -0.25) is 14.5 Å². The monoisotopic (exact) mass is 432 g/mol. The Balaban J connectivity index is 1.39. The van der Waals surface area contributed by atoms with Crippen molar-refractivity contribution in [2.45, 2.75) is 44.2 Å². The number of hydrogen-bond donors (Lipinski definition) is 2. The molecule has 32 heavy (non-hydrogen) atoms. The minimum absolute atomic E-state index is 0.237. The lowest BCUT2D eigenvalue weighted by Crippen LogP contribution is -2.45. The van der Waals surface area contributed by atoms with Crippen molar-refractivity contribution in [2.24, 2.45) is 7.05 Å². The molecule has 1 saturated carbocycles. The second-order valence-corrected chi connectivity index (χ2v) is 8.24. The number of fused-ring (bicyclic) bond motifs is 1. The summed E-state index contributed by atoms with van der Waals surface area (Å²) in [7, 11) is 1.81. The first-order valence-electron chi connectivity index (χ1n) is 10.7. The van der Waals surface area contributed by atoms with Crippen LogP contribution in [0.5, 0.6) is 0 Å². The molecule has 9 heteroatoms. The molecule has 2 N–H and O–H groups in total. The fraction of sp³-hybridized carbons (Fsp3) is 0.348. The highest BCUT2D eigenvalue weighted by molar-refractivity contribution is 5.95. The molecule has 1 amide bonds. The van der Waals surface area contributed by atoms with E-state index in [-0.39, 0.29) is 11.9 Å². The van der Waals surface area contributed by atoms with E-state index in [0.29, 0.717) is 35.3 Å². The molecule has 4 heterocycles. The van der Waals surface area contributed by atoms with E-state index >= 15 is 0 Å². The number of pyridine rings is 2. The van der Waals surface area contributed by atoms with Crippen LogP contribution in [0.15, 0.2) is 47.3 Å². The van der Waals surface area contributed by atoms with Crippen LogP contribution in [-0.2, 0) is 13.5 Å². The molecule has 0 bridgehead atoms. The SMILES string of the molecule is Cn1cc(-c2ccc(Cc3cc(C(=O)N[C@H]4CCCC[C@@H]4O)nc4ccoc34)cn2)nn1. The van der Waals surface area contributed by atoms with Gasteiger partial charge in [-0.2, -0.15) is 0 Å². The molecular weight excluding hydrogens is 408 g/mol. The van der Waals surface area contributed by atoms with Crippen molar-refractivity contribution in [3.05, 3.63) is 59.7 Å². The van der Waals surface area contributed by atoms with Crippen molar-refractivity contribution >= 4 is 17.0 Å². The molecule has 5 rings (SSSR count). The summed E-state index contributed by atoms with van der Waals surface area (Å²) in [5.41, 5.74) is 4.86. The van der Waals surface area contributed by atoms with Crippen molar-refractivity contribution in [1.82, 2.24) is 30.3 Å². The Labute approximate surface area is 184 Å². The van der Waals surface area contributed by atoms with E-state index in [1.165, 1.54) is 0 Å². The normalized spacial score (nSPS) is 18.7. The number of amides is 1. The topological polar surface area (TPSA) is 119 Å². The fourth-order valence-corrected chi connectivity index (χ4v) is 4.16. The minimum Gasteiger partial charge on any atom is -0.462 e. The molecule has 0 aliphatic heterocycles. The number of aromatic nitrogens is 5. The predicted octanol–water partition coefficient (Wildman–Crippen LogP) is 2.64. The minimum atomic E-state index is -0.510. The number of hydrogen-bond acceptors (Lipinski definition) is 7. The number of aliphatic hydroxyl groups is 1. The fourth-order valence-electron chi connectivity index (χ4n) is 4.16. The molecule has 164 valence electrons. The highest BCUT2D eigenvalue weighted by atomic mass is 16.3. The molecule has 0 spiro atoms. The summed E-state index contributed by atoms with van der Waals surface area (Å²) in [6.07, 6.45) is 8.67. The van der Waals surface area contributed by atoms with Crippen LogP contribution in [0.3, 0.4) is 0 Å². The van der Waals surface area contributed by atoms with Gasteiger partial charge in [0.05, 0.1) is 30.3 Å². The van der Waals surface area contributed by atoms with Crippen molar-refractivity contribution in [2.75, 3.05) is 0 Å². The van der Waals surface area contributed by atoms with Crippen molar-refractivity contribution in [3.63, 3.8) is 0 Å². The second kappa shape index (κ2) is 8.51. The number of aryl methyl sites for hydroxylation is 1. The number of rotatable bonds is 5. The standard InChI is InChI=1S/C23H24N6O3/c1-29-13-20(27-28-29)16-7-6-14(12-24-16)10-15-11-19(25-18-8-9-32-22(15)18)23(31)26-17-4-2-3-5-21(17)30/h6-9,11-13,17,21,30H,2-5,10H2,1H3,(H,26,31)/t17-,21-/m0/s1. The van der Waals surface area contributed by atoms with Crippen LogP contribution in [0.25, 0.3) is 22.5 Å². The van der Waals surface area contributed by atoms with Gasteiger partial charge in [0.2, 0.25) is 0 Å². The van der Waals surface area contributed by atoms with Gasteiger partial charge in [-0.15, -0.1) is 5.10 Å². The van der Waals surface area contributed by atoms with Crippen LogP contribution >= 0.6 is 0 Å². The lowest BCUT2D eigenvalue weighted by molar-refractivity contribution is 0.0714. The zero-order valence-electron chi connectivity index (χ0n) is 17.7. The molecule has 4 aromatic rings. The summed E-state index contributed by atoms with van der Waals surface area (Å²) < 4.78 is 7.28. The van der Waals surface area contributed by atoms with E-state index in [1.807, 2.05) is 25.4 Å². The van der Waals surface area contributed by atoms with E-state index in [2.05, 4.69) is 25.6 Å². The first-order valence-corrected chi connectivity index (χ1v) is 10.7. The van der Waals surface area contributed by atoms with Crippen LogP contribution in [-0.4, -0.2) is 48.1 Å². The van der Waals surface area contributed by atoms with Gasteiger partial charge < -0.3 is 14.8 Å². The van der Waals surface area contributed by atoms with E-state index < -0.39 is 6.10 Å². The van der Waals surface area contributed by atoms with Crippen molar-refractivity contribution < 1.29 is 14.3 Å². The third-order valence-electron chi connectivity index (χ3n) is 5.85. The van der Waals surface area contributed by atoms with Gasteiger partial charge in [-0.1, -0.05) is 24.1 Å². The first kappa shape index (κ1) is 20.3. The Morgan fingerprint density at radius 2 is 2.12 bits per heavy atom. The summed E-state index contributed by atoms with van der Waals surface area (Å²) in [6, 6.07) is 7.15. The highest BCUT2D eigenvalue weighted by Crippen LogP contribution is 2.24. The summed E-state index contributed by atoms with van der Waals surface area (Å²) in [4.78, 5) is 21.9. The maximum Gasteiger partial charge on any atom is 0.270 e. The number of nitrogens with one attached hydrogen (secondary N) is 1. The average Bonchev–Trinajstić information content (AvgIpc) is 3.45. The maximum absolute atomic E-state index is 12.9. The number of carbonyl (C=O) groups is 1. The summed E-state index contributed by atoms with van der Waals surface area (Å²) in [5.74, 6) is -0.281. The number of aliphatic hydroxyl groups excluding tert-OH is 1. The third kappa shape index (κ3) is 4.11. The zero-order valence-corrected chi connectivity index (χ0v) is 17.7. The molecule has 9 nitrogen and oxygen atoms in total. The smallest absolute Gasteiger partial charge is 0.270 e. The summed E-state index contributed by atoms with van der Waals surface area (Å²) in [6.45, 7) is 0. The average molecular weight is 432 g/mol. The molecule has 4 aromatic heterocycles. The van der Waals surface area contributed by atoms with Crippen LogP contribution in [0, 0.1) is 0 Å². The van der Waals surface area contributed by atoms with Crippen LogP contribution in [0.2, 0.25) is 0 Å². The van der Waals surface area contributed by atoms with Crippen molar-refractivity contribution in [3.8, 4) is 11.4 Å². The summed E-state index contributed by atoms with van der Waals surface area (Å²) >= 11 is 0. The third-order valence-corrected chi connectivity index (χ3v) is 5.85. The molecule has 1 aliphatic carbocycles. The molecule has 1 fully saturated rings. The first-order chi connectivity index (χ1) is 15.6. The molecule has 1 aliphatic rings. The molecule has 2 atom stereocenters. The molecule has 0 radical (unpaired) electrons. The van der Waals surface area contributed by atoms with Gasteiger partial charge >= 0.3 is 0 Å². The number of furan rings is 1. The lowest BCUT2D eigenvalue weighted by Gasteiger charge is -2.28. The molecule has 0 unspecified atom stereocenters. The van der Waals surface area contributed by atoms with Gasteiger partial charge in [0.1, 0.15) is 16.9 Å². The van der Waals surface area contributed by atoms with E-state index in [0.717, 1.165) is 36.1 Å². The quantitative estimate of drug-likeness (QED) is 0.497. The second-order valence-electron chi connectivity index (χ2n) is 8.24. The van der Waals surface area contributed by atoms with Crippen LogP contribution in [0.1, 0.15) is 47.3 Å². The van der Waals surface area contributed by atoms with E-state index in [4.69, 9.17) is 4.42 Å². The lowest BCUT2D eigenvalue weighted by atomic mass is 9.92. The van der Waals surface area contributed by atoms with Crippen molar-refractivity contribution in [1.29, 1.82) is 0 Å². The van der Waals surface area contributed by atoms with Crippen LogP contribution in [0.4, 0.5) is 0 Å². The molecule has 0 aromatic carbocycles. The Hall–Kier alpha value is -3.59. The Morgan fingerprint density at radius 3 is 2.88 bits per heavy atom. The van der Waals surface area contributed by atoms with Gasteiger partial charge in [0.15, 0.2) is 5.58 Å². The highest BCUT2D eigenvalue weighted by Gasteiger charge is 2.26. The molecular formula is C23H24N6O3. The molecule has 0 saturated heterocycles. The largest absolute Gasteiger partial charge is 0.462 e. The van der Waals surface area contributed by atoms with E-state index in [1.54, 1.807) is 29.3 Å². The van der Waals surface area contributed by atoms with Gasteiger partial charge in [-0.25, -0.2) is 4.98 Å². The van der Waals surface area contributed by atoms with Gasteiger partial charge in [0.25, 0.3) is 5.91 Å². The predicted molar refractivity (Wildman–Crippen MR) is 117 cm³/mol. The number of carbonyl (C=O) groups excluding carboxylic acids is 1. The van der Waals surface area contributed by atoms with Gasteiger partial charge in [-0.05, 0) is 30.5 Å². The zero-order chi connectivity index (χ0) is 22.1. The van der Waals surface area contributed by atoms with Gasteiger partial charge in [0, 0.05) is 31.3 Å². The van der Waals surface area contributed by atoms with Crippen LogP contribution < -0.4 is 5.32 Å². The Morgan fingerprint density at radius 1 is 1.25 bits per heavy atom. The Kier molecular flexibility index (Phi) is 5.40. The summed E-state index contributed by atoms with van der Waals surface area (Å²) in [5, 5.41) is 21.2. The number of nitrogens with zero attached hydrogens (tertiary/aromatic N) is 5. The van der Waals surface area contributed by atoms with E-state index in [9.17, 15) is 9.90 Å².